The van der Waals surface area contributed by atoms with E-state index in [1.807, 2.05) is 20.8 Å². The lowest BCUT2D eigenvalue weighted by Gasteiger charge is -2.23. The number of hydrogen-bond acceptors (Lipinski definition) is 7. The van der Waals surface area contributed by atoms with Crippen LogP contribution in [0.15, 0.2) is 6.20 Å². The predicted molar refractivity (Wildman–Crippen MR) is 85.5 cm³/mol. The largest absolute Gasteiger partial charge is 0.462 e. The fourth-order valence-corrected chi connectivity index (χ4v) is 1.95. The van der Waals surface area contributed by atoms with Crippen LogP contribution < -0.4 is 10.6 Å². The summed E-state index contributed by atoms with van der Waals surface area (Å²) in [7, 11) is 0. The van der Waals surface area contributed by atoms with E-state index < -0.39 is 10.8 Å². The van der Waals surface area contributed by atoms with Gasteiger partial charge in [-0.2, -0.15) is 5.10 Å². The summed E-state index contributed by atoms with van der Waals surface area (Å²) >= 11 is 0. The molecule has 2 rings (SSSR count). The average molecular weight is 341 g/mol. The second-order valence-corrected chi connectivity index (χ2v) is 6.21. The van der Waals surface area contributed by atoms with E-state index in [2.05, 4.69) is 25.6 Å². The van der Waals surface area contributed by atoms with E-state index in [4.69, 9.17) is 0 Å². The van der Waals surface area contributed by atoms with Gasteiger partial charge in [0.2, 0.25) is 5.69 Å². The Morgan fingerprint density at radius 3 is 2.54 bits per heavy atom. The van der Waals surface area contributed by atoms with Crippen molar-refractivity contribution in [2.45, 2.75) is 45.3 Å². The van der Waals surface area contributed by atoms with Crippen LogP contribution in [0.4, 0.5) is 5.69 Å². The maximum Gasteiger partial charge on any atom is 0.319 e. The summed E-state index contributed by atoms with van der Waals surface area (Å²) in [5, 5.41) is 22.4. The molecule has 3 N–H and O–H groups in total. The molecule has 24 heavy (non-hydrogen) atoms. The molecule has 1 amide bonds. The highest BCUT2D eigenvalue weighted by atomic mass is 16.6. The Morgan fingerprint density at radius 2 is 2.08 bits per heavy atom. The van der Waals surface area contributed by atoms with Gasteiger partial charge in [0.15, 0.2) is 0 Å². The van der Waals surface area contributed by atoms with Gasteiger partial charge in [0.05, 0.1) is 4.92 Å². The quantitative estimate of drug-likeness (QED) is 0.417. The fraction of sp³-hybridized carbons (Fsp3) is 0.643. The number of nitrogens with zero attached hydrogens (tertiary/aromatic N) is 2. The third-order valence-electron chi connectivity index (χ3n) is 3.12. The van der Waals surface area contributed by atoms with Crippen LogP contribution in [0.2, 0.25) is 0 Å². The minimum absolute atomic E-state index is 0.0617. The molecule has 10 nitrogen and oxygen atoms in total. The molecule has 1 saturated heterocycles. The Balaban J connectivity index is 0.000000351. The summed E-state index contributed by atoms with van der Waals surface area (Å²) in [6.45, 7) is 7.61. The van der Waals surface area contributed by atoms with Crippen molar-refractivity contribution in [1.82, 2.24) is 20.8 Å². The smallest absolute Gasteiger partial charge is 0.319 e. The van der Waals surface area contributed by atoms with Crippen LogP contribution >= 0.6 is 0 Å². The average Bonchev–Trinajstić information content (AvgIpc) is 2.97. The van der Waals surface area contributed by atoms with Gasteiger partial charge in [0, 0.05) is 6.04 Å². The van der Waals surface area contributed by atoms with E-state index >= 15 is 0 Å². The molecule has 0 spiro atoms. The first kappa shape index (κ1) is 19.6. The normalized spacial score (nSPS) is 15.0. The third kappa shape index (κ3) is 6.73. The van der Waals surface area contributed by atoms with Gasteiger partial charge in [0.1, 0.15) is 11.8 Å². The maximum atomic E-state index is 11.8. The van der Waals surface area contributed by atoms with Crippen molar-refractivity contribution in [2.75, 3.05) is 13.1 Å². The number of carbonyl (C=O) groups excluding carboxylic acids is 2. The van der Waals surface area contributed by atoms with E-state index in [0.29, 0.717) is 6.47 Å². The van der Waals surface area contributed by atoms with Gasteiger partial charge in [-0.15, -0.1) is 0 Å². The first-order valence-corrected chi connectivity index (χ1v) is 7.55. The first-order chi connectivity index (χ1) is 11.2. The Kier molecular flexibility index (Phi) is 7.31. The van der Waals surface area contributed by atoms with Gasteiger partial charge >= 0.3 is 5.69 Å². The van der Waals surface area contributed by atoms with E-state index in [1.54, 1.807) is 0 Å². The summed E-state index contributed by atoms with van der Waals surface area (Å²) in [4.78, 5) is 31.4. The van der Waals surface area contributed by atoms with Crippen molar-refractivity contribution < 1.29 is 19.2 Å². The minimum Gasteiger partial charge on any atom is -0.462 e. The molecule has 1 aliphatic rings. The van der Waals surface area contributed by atoms with Gasteiger partial charge in [-0.1, -0.05) is 0 Å². The van der Waals surface area contributed by atoms with Crippen LogP contribution in [-0.2, 0) is 9.53 Å². The molecule has 1 aliphatic heterocycles. The second kappa shape index (κ2) is 8.96. The van der Waals surface area contributed by atoms with Crippen molar-refractivity contribution >= 4 is 18.1 Å². The van der Waals surface area contributed by atoms with Crippen LogP contribution in [0.3, 0.4) is 0 Å². The third-order valence-corrected chi connectivity index (χ3v) is 3.12. The summed E-state index contributed by atoms with van der Waals surface area (Å²) in [5.74, 6) is -0.471. The number of aromatic amines is 1. The molecule has 0 atom stereocenters. The Labute approximate surface area is 139 Å². The Hall–Kier alpha value is -2.49. The van der Waals surface area contributed by atoms with Crippen molar-refractivity contribution in [3.63, 3.8) is 0 Å². The molecule has 2 heterocycles. The lowest BCUT2D eigenvalue weighted by molar-refractivity contribution is -0.385. The van der Waals surface area contributed by atoms with Crippen molar-refractivity contribution in [3.05, 3.63) is 22.0 Å². The Bertz CT molecular complexity index is 560. The monoisotopic (exact) mass is 341 g/mol. The van der Waals surface area contributed by atoms with Gasteiger partial charge < -0.3 is 15.4 Å². The molecule has 0 saturated carbocycles. The van der Waals surface area contributed by atoms with Gasteiger partial charge in [-0.05, 0) is 46.7 Å². The molecule has 1 fully saturated rings. The van der Waals surface area contributed by atoms with Crippen LogP contribution in [0, 0.1) is 10.1 Å². The number of hydrogen-bond donors (Lipinski definition) is 3. The molecule has 1 aromatic heterocycles. The maximum absolute atomic E-state index is 11.8. The second-order valence-electron chi connectivity index (χ2n) is 6.21. The number of H-pyrrole nitrogens is 1. The van der Waals surface area contributed by atoms with E-state index in [-0.39, 0.29) is 23.0 Å². The number of rotatable bonds is 4. The number of carbonyl (C=O) groups is 2. The summed E-state index contributed by atoms with van der Waals surface area (Å²) in [6.07, 6.45) is 2.69. The molecule has 0 aliphatic carbocycles. The van der Waals surface area contributed by atoms with Crippen molar-refractivity contribution in [3.8, 4) is 0 Å². The van der Waals surface area contributed by atoms with Crippen LogP contribution in [0.1, 0.15) is 44.1 Å². The molecule has 10 heteroatoms. The minimum atomic E-state index is -0.624. The highest BCUT2D eigenvalue weighted by molar-refractivity contribution is 5.96. The number of amides is 1. The van der Waals surface area contributed by atoms with E-state index in [9.17, 15) is 19.7 Å². The van der Waals surface area contributed by atoms with Gasteiger partial charge in [-0.3, -0.25) is 24.8 Å². The van der Waals surface area contributed by atoms with E-state index in [1.165, 1.54) is 0 Å². The fourth-order valence-electron chi connectivity index (χ4n) is 1.95. The zero-order valence-electron chi connectivity index (χ0n) is 14.0. The highest BCUT2D eigenvalue weighted by Gasteiger charge is 2.25. The molecule has 0 radical (unpaired) electrons. The van der Waals surface area contributed by atoms with Crippen molar-refractivity contribution in [1.29, 1.82) is 0 Å². The number of nitro groups is 1. The van der Waals surface area contributed by atoms with E-state index in [0.717, 1.165) is 32.1 Å². The molecular weight excluding hydrogens is 318 g/mol. The molecule has 0 bridgehead atoms. The standard InChI is InChI=1S/C9H13N5O3.C5H10O2/c15-9(12-6-1-3-10-4-2-6)8-7(14(16)17)5-11-13-8;1-5(2,3)7-4-6/h5-6,10H,1-4H2,(H,11,13)(H,12,15);4H,1-3H3. The van der Waals surface area contributed by atoms with Crippen LogP contribution in [-0.4, -0.2) is 52.2 Å². The summed E-state index contributed by atoms with van der Waals surface area (Å²) in [5.41, 5.74) is -0.702. The van der Waals surface area contributed by atoms with Crippen LogP contribution in [0.25, 0.3) is 0 Å². The van der Waals surface area contributed by atoms with Gasteiger partial charge in [0.25, 0.3) is 12.4 Å². The summed E-state index contributed by atoms with van der Waals surface area (Å²) < 4.78 is 4.55. The number of aromatic nitrogens is 2. The number of piperidine rings is 1. The Morgan fingerprint density at radius 1 is 1.46 bits per heavy atom. The SMILES string of the molecule is CC(C)(C)OC=O.O=C(NC1CCNCC1)c1[nH]ncc1[N+](=O)[O-]. The molecular formula is C14H23N5O5. The van der Waals surface area contributed by atoms with Crippen molar-refractivity contribution in [2.24, 2.45) is 0 Å². The summed E-state index contributed by atoms with van der Waals surface area (Å²) in [6, 6.07) is 0.0617. The molecule has 0 aromatic carbocycles. The lowest BCUT2D eigenvalue weighted by atomic mass is 10.1. The molecule has 134 valence electrons. The van der Waals surface area contributed by atoms with Crippen LogP contribution in [0.5, 0.6) is 0 Å². The predicted octanol–water partition coefficient (Wildman–Crippen LogP) is 0.758. The highest BCUT2D eigenvalue weighted by Crippen LogP contribution is 2.15. The number of nitrogens with one attached hydrogen (secondary N) is 3. The topological polar surface area (TPSA) is 139 Å². The van der Waals surface area contributed by atoms with Gasteiger partial charge in [-0.25, -0.2) is 0 Å². The molecule has 1 aromatic rings. The first-order valence-electron chi connectivity index (χ1n) is 7.55. The zero-order valence-corrected chi connectivity index (χ0v) is 14.0. The zero-order chi connectivity index (χ0) is 18.2. The number of ether oxygens (including phenoxy) is 1. The molecule has 0 unspecified atom stereocenters. The lowest BCUT2D eigenvalue weighted by Crippen LogP contribution is -2.42.